The Morgan fingerprint density at radius 2 is 1.87 bits per heavy atom. The summed E-state index contributed by atoms with van der Waals surface area (Å²) >= 11 is 0. The van der Waals surface area contributed by atoms with Gasteiger partial charge in [0.1, 0.15) is 11.4 Å². The lowest BCUT2D eigenvalue weighted by molar-refractivity contribution is -0.155. The Bertz CT molecular complexity index is 1410. The van der Waals surface area contributed by atoms with Crippen LogP contribution in [-0.2, 0) is 31.7 Å². The van der Waals surface area contributed by atoms with E-state index < -0.39 is 20.7 Å². The van der Waals surface area contributed by atoms with Gasteiger partial charge in [0, 0.05) is 36.5 Å². The summed E-state index contributed by atoms with van der Waals surface area (Å²) in [7, 11) is -3.49. The highest BCUT2D eigenvalue weighted by atomic mass is 32.2. The molecule has 2 heterocycles. The Labute approximate surface area is 229 Å². The molecule has 9 nitrogen and oxygen atoms in total. The topological polar surface area (TPSA) is 128 Å². The van der Waals surface area contributed by atoms with E-state index in [1.165, 1.54) is 0 Å². The largest absolute Gasteiger partial charge is 0.460 e. The molecule has 1 aliphatic rings. The van der Waals surface area contributed by atoms with Gasteiger partial charge < -0.3 is 14.5 Å². The van der Waals surface area contributed by atoms with Crippen molar-refractivity contribution in [2.75, 3.05) is 0 Å². The second-order valence-corrected chi connectivity index (χ2v) is 13.3. The Kier molecular flexibility index (Phi) is 8.54. The molecule has 4 rings (SSSR count). The molecule has 0 bridgehead atoms. The van der Waals surface area contributed by atoms with Crippen LogP contribution in [0.25, 0.3) is 11.5 Å². The van der Waals surface area contributed by atoms with Gasteiger partial charge in [-0.15, -0.1) is 0 Å². The number of ether oxygens (including phenoxy) is 1. The van der Waals surface area contributed by atoms with Gasteiger partial charge in [0.25, 0.3) is 5.91 Å². The Morgan fingerprint density at radius 1 is 1.13 bits per heavy atom. The molecular weight excluding hydrogens is 518 g/mol. The third kappa shape index (κ3) is 7.75. The van der Waals surface area contributed by atoms with Gasteiger partial charge in [0.05, 0.1) is 16.7 Å². The molecule has 0 saturated heterocycles. The van der Waals surface area contributed by atoms with Crippen LogP contribution < -0.4 is 5.32 Å². The molecule has 1 amide bonds. The predicted molar refractivity (Wildman–Crippen MR) is 146 cm³/mol. The van der Waals surface area contributed by atoms with Gasteiger partial charge in [0.2, 0.25) is 5.89 Å². The lowest BCUT2D eigenvalue weighted by atomic mass is 10.0. The first-order valence-electron chi connectivity index (χ1n) is 13.1. The summed E-state index contributed by atoms with van der Waals surface area (Å²) in [5.74, 6) is 0.000901. The number of sulfone groups is 1. The van der Waals surface area contributed by atoms with Crippen molar-refractivity contribution in [3.63, 3.8) is 0 Å². The zero-order valence-corrected chi connectivity index (χ0v) is 23.6. The summed E-state index contributed by atoms with van der Waals surface area (Å²) in [6.07, 6.45) is 5.23. The van der Waals surface area contributed by atoms with Crippen molar-refractivity contribution in [1.82, 2.24) is 15.3 Å². The molecule has 2 aromatic heterocycles. The molecule has 208 valence electrons. The van der Waals surface area contributed by atoms with Crippen LogP contribution in [0.5, 0.6) is 0 Å². The first kappa shape index (κ1) is 28.5. The zero-order chi connectivity index (χ0) is 28.2. The molecule has 3 aromatic rings. The maximum absolute atomic E-state index is 13.2. The predicted octanol–water partition coefficient (Wildman–Crippen LogP) is 4.79. The molecule has 1 fully saturated rings. The van der Waals surface area contributed by atoms with Gasteiger partial charge in [-0.1, -0.05) is 6.07 Å². The third-order valence-corrected chi connectivity index (χ3v) is 8.80. The number of esters is 1. The first-order chi connectivity index (χ1) is 18.4. The second-order valence-electron chi connectivity index (χ2n) is 11.0. The normalized spacial score (nSPS) is 17.6. The number of rotatable bonds is 9. The van der Waals surface area contributed by atoms with Crippen molar-refractivity contribution in [2.45, 2.75) is 76.5 Å². The van der Waals surface area contributed by atoms with Crippen molar-refractivity contribution in [2.24, 2.45) is 5.92 Å². The minimum atomic E-state index is -3.49. The van der Waals surface area contributed by atoms with Crippen molar-refractivity contribution in [1.29, 1.82) is 0 Å². The van der Waals surface area contributed by atoms with E-state index in [9.17, 15) is 18.0 Å². The monoisotopic (exact) mass is 553 g/mol. The van der Waals surface area contributed by atoms with Crippen molar-refractivity contribution < 1.29 is 27.2 Å². The number of nitrogens with zero attached hydrogens (tertiary/aromatic N) is 2. The van der Waals surface area contributed by atoms with Crippen LogP contribution in [0.1, 0.15) is 73.8 Å². The molecule has 1 N–H and O–H groups in total. The SMILES string of the molecule is Cc1oc(-c2ccc(C(=O)NCc3cccnc3)cc2)nc1CS(=O)(=O)[C@@H]1CC[C@H](CC(=O)OC(C)(C)C)C1. The van der Waals surface area contributed by atoms with E-state index in [0.29, 0.717) is 54.3 Å². The fraction of sp³-hybridized carbons (Fsp3) is 0.448. The summed E-state index contributed by atoms with van der Waals surface area (Å²) in [4.78, 5) is 33.2. The van der Waals surface area contributed by atoms with Gasteiger partial charge in [-0.2, -0.15) is 0 Å². The van der Waals surface area contributed by atoms with E-state index in [4.69, 9.17) is 9.15 Å². The van der Waals surface area contributed by atoms with E-state index in [0.717, 1.165) is 5.56 Å². The molecule has 10 heteroatoms. The van der Waals surface area contributed by atoms with Gasteiger partial charge in [-0.05, 0) is 88.8 Å². The highest BCUT2D eigenvalue weighted by Crippen LogP contribution is 2.35. The molecule has 0 unspecified atom stereocenters. The quantitative estimate of drug-likeness (QED) is 0.375. The van der Waals surface area contributed by atoms with E-state index in [1.807, 2.05) is 32.9 Å². The van der Waals surface area contributed by atoms with E-state index in [1.54, 1.807) is 43.6 Å². The first-order valence-corrected chi connectivity index (χ1v) is 14.8. The van der Waals surface area contributed by atoms with Crippen LogP contribution in [0.15, 0.2) is 53.2 Å². The molecule has 39 heavy (non-hydrogen) atoms. The maximum atomic E-state index is 13.2. The Hall–Kier alpha value is -3.53. The number of benzene rings is 1. The van der Waals surface area contributed by atoms with Gasteiger partial charge >= 0.3 is 5.97 Å². The number of hydrogen-bond donors (Lipinski definition) is 1. The smallest absolute Gasteiger partial charge is 0.306 e. The molecule has 1 aromatic carbocycles. The average molecular weight is 554 g/mol. The minimum Gasteiger partial charge on any atom is -0.460 e. The van der Waals surface area contributed by atoms with Crippen LogP contribution in [0.2, 0.25) is 0 Å². The molecule has 1 saturated carbocycles. The summed E-state index contributed by atoms with van der Waals surface area (Å²) in [5, 5.41) is 2.33. The van der Waals surface area contributed by atoms with Crippen LogP contribution in [0.3, 0.4) is 0 Å². The van der Waals surface area contributed by atoms with Crippen LogP contribution in [0, 0.1) is 12.8 Å². The number of aromatic nitrogens is 2. The fourth-order valence-electron chi connectivity index (χ4n) is 4.70. The van der Waals surface area contributed by atoms with E-state index >= 15 is 0 Å². The van der Waals surface area contributed by atoms with E-state index in [2.05, 4.69) is 15.3 Å². The molecule has 1 aliphatic carbocycles. The number of carbonyl (C=O) groups excluding carboxylic acids is 2. The number of amides is 1. The number of aryl methyl sites for hydroxylation is 1. The van der Waals surface area contributed by atoms with Crippen LogP contribution in [0.4, 0.5) is 0 Å². The number of hydrogen-bond acceptors (Lipinski definition) is 8. The number of oxazole rings is 1. The summed E-state index contributed by atoms with van der Waals surface area (Å²) in [6.45, 7) is 7.52. The number of nitrogens with one attached hydrogen (secondary N) is 1. The minimum absolute atomic E-state index is 0.00586. The average Bonchev–Trinajstić information content (AvgIpc) is 3.49. The number of carbonyl (C=O) groups is 2. The Balaban J connectivity index is 1.35. The zero-order valence-electron chi connectivity index (χ0n) is 22.8. The second kappa shape index (κ2) is 11.7. The molecule has 0 aliphatic heterocycles. The van der Waals surface area contributed by atoms with Gasteiger partial charge in [0.15, 0.2) is 9.84 Å². The van der Waals surface area contributed by atoms with Crippen LogP contribution in [-0.4, -0.2) is 41.1 Å². The van der Waals surface area contributed by atoms with Crippen molar-refractivity contribution >= 4 is 21.7 Å². The standard InChI is InChI=1S/C29H35N3O6S/c1-19-25(18-39(35,36)24-12-7-20(14-24)15-26(33)38-29(2,3)4)32-28(37-19)23-10-8-22(9-11-23)27(34)31-17-21-6-5-13-30-16-21/h5-6,8-11,13,16,20,24H,7,12,14-15,17-18H2,1-4H3,(H,31,34)/t20-,24+/m0/s1. The summed E-state index contributed by atoms with van der Waals surface area (Å²) in [5.41, 5.74) is 1.84. The van der Waals surface area contributed by atoms with Gasteiger partial charge in [-0.3, -0.25) is 14.6 Å². The molecular formula is C29H35N3O6S. The highest BCUT2D eigenvalue weighted by molar-refractivity contribution is 7.91. The fourth-order valence-corrected chi connectivity index (χ4v) is 6.65. The lowest BCUT2D eigenvalue weighted by Crippen LogP contribution is -2.25. The third-order valence-electron chi connectivity index (χ3n) is 6.68. The summed E-state index contributed by atoms with van der Waals surface area (Å²) in [6, 6.07) is 10.5. The van der Waals surface area contributed by atoms with Gasteiger partial charge in [-0.25, -0.2) is 13.4 Å². The summed E-state index contributed by atoms with van der Waals surface area (Å²) < 4.78 is 37.6. The van der Waals surface area contributed by atoms with Crippen molar-refractivity contribution in [3.05, 3.63) is 71.4 Å². The van der Waals surface area contributed by atoms with Crippen molar-refractivity contribution in [3.8, 4) is 11.5 Å². The van der Waals surface area contributed by atoms with Crippen LogP contribution >= 0.6 is 0 Å². The lowest BCUT2D eigenvalue weighted by Gasteiger charge is -2.20. The Morgan fingerprint density at radius 3 is 2.54 bits per heavy atom. The highest BCUT2D eigenvalue weighted by Gasteiger charge is 2.36. The molecule has 0 radical (unpaired) electrons. The maximum Gasteiger partial charge on any atom is 0.306 e. The molecule has 0 spiro atoms. The molecule has 2 atom stereocenters. The van der Waals surface area contributed by atoms with E-state index in [-0.39, 0.29) is 30.0 Å². The number of pyridine rings is 1.